The molecule has 2 heterocycles. The minimum Gasteiger partial charge on any atom is -0.356 e. The number of amides is 1. The maximum atomic E-state index is 13.0. The fraction of sp³-hybridized carbons (Fsp3) is 0.391. The summed E-state index contributed by atoms with van der Waals surface area (Å²) in [7, 11) is 0. The minimum absolute atomic E-state index is 0.172. The monoisotopic (exact) mass is 484 g/mol. The Morgan fingerprint density at radius 3 is 2.70 bits per heavy atom. The first-order chi connectivity index (χ1) is 16.0. The summed E-state index contributed by atoms with van der Waals surface area (Å²) in [6, 6.07) is 8.85. The molecule has 2 N–H and O–H groups in total. The standard InChI is InChI=1S/C23H25FN6OS2/c1-14-15(2)30(18-5-3-4-6-18)21(19(14)11-25)27-20(31)13-32-23-29-28-22(33-23)26-12-16-7-9-17(24)10-8-16/h7-10,18H,3-6,12-13H2,1-2H3,(H,26,28)(H,27,31). The van der Waals surface area contributed by atoms with Gasteiger partial charge in [-0.05, 0) is 49.9 Å². The van der Waals surface area contributed by atoms with Crippen LogP contribution in [0.5, 0.6) is 0 Å². The maximum Gasteiger partial charge on any atom is 0.235 e. The zero-order valence-electron chi connectivity index (χ0n) is 18.5. The van der Waals surface area contributed by atoms with E-state index in [-0.39, 0.29) is 17.5 Å². The van der Waals surface area contributed by atoms with Gasteiger partial charge in [-0.15, -0.1) is 10.2 Å². The largest absolute Gasteiger partial charge is 0.356 e. The van der Waals surface area contributed by atoms with E-state index in [1.54, 1.807) is 12.1 Å². The number of halogens is 1. The molecule has 0 unspecified atom stereocenters. The van der Waals surface area contributed by atoms with Gasteiger partial charge in [-0.2, -0.15) is 5.26 Å². The van der Waals surface area contributed by atoms with Crippen LogP contribution in [0.25, 0.3) is 0 Å². The fourth-order valence-electron chi connectivity index (χ4n) is 4.12. The number of thioether (sulfide) groups is 1. The summed E-state index contributed by atoms with van der Waals surface area (Å²) in [4.78, 5) is 12.7. The van der Waals surface area contributed by atoms with Gasteiger partial charge in [-0.1, -0.05) is 48.1 Å². The fourth-order valence-corrected chi connectivity index (χ4v) is 5.67. The van der Waals surface area contributed by atoms with Crippen molar-refractivity contribution in [2.24, 2.45) is 0 Å². The van der Waals surface area contributed by atoms with Crippen LogP contribution < -0.4 is 10.6 Å². The highest BCUT2D eigenvalue weighted by molar-refractivity contribution is 8.01. The van der Waals surface area contributed by atoms with E-state index in [4.69, 9.17) is 0 Å². The molecule has 4 rings (SSSR count). The first-order valence-electron chi connectivity index (χ1n) is 10.8. The number of hydrogen-bond donors (Lipinski definition) is 2. The van der Waals surface area contributed by atoms with E-state index >= 15 is 0 Å². The Kier molecular flexibility index (Phi) is 7.30. The molecule has 1 aliphatic carbocycles. The van der Waals surface area contributed by atoms with Crippen molar-refractivity contribution in [3.8, 4) is 6.07 Å². The van der Waals surface area contributed by atoms with Gasteiger partial charge in [-0.25, -0.2) is 4.39 Å². The molecule has 0 radical (unpaired) electrons. The summed E-state index contributed by atoms with van der Waals surface area (Å²) in [5, 5.41) is 24.7. The van der Waals surface area contributed by atoms with Crippen LogP contribution in [0, 0.1) is 31.0 Å². The molecule has 0 spiro atoms. The molecule has 10 heteroatoms. The van der Waals surface area contributed by atoms with Crippen molar-refractivity contribution in [1.29, 1.82) is 5.26 Å². The second-order valence-corrected chi connectivity index (χ2v) is 10.2. The Hall–Kier alpha value is -2.90. The summed E-state index contributed by atoms with van der Waals surface area (Å²) < 4.78 is 15.8. The number of nitrogens with zero attached hydrogens (tertiary/aromatic N) is 4. The molecule has 3 aromatic rings. The molecule has 1 aromatic carbocycles. The minimum atomic E-state index is -0.269. The van der Waals surface area contributed by atoms with Crippen molar-refractivity contribution in [1.82, 2.24) is 14.8 Å². The van der Waals surface area contributed by atoms with Crippen molar-refractivity contribution in [3.05, 3.63) is 52.5 Å². The number of rotatable bonds is 8. The number of nitrogens with one attached hydrogen (secondary N) is 2. The quantitative estimate of drug-likeness (QED) is 0.414. The molecule has 0 atom stereocenters. The van der Waals surface area contributed by atoms with E-state index in [2.05, 4.69) is 31.5 Å². The molecule has 2 aromatic heterocycles. The summed E-state index contributed by atoms with van der Waals surface area (Å²) in [5.41, 5.74) is 3.45. The van der Waals surface area contributed by atoms with Crippen LogP contribution in [-0.4, -0.2) is 26.4 Å². The first-order valence-corrected chi connectivity index (χ1v) is 12.6. The number of aromatic nitrogens is 3. The Morgan fingerprint density at radius 2 is 2.00 bits per heavy atom. The molecule has 1 saturated carbocycles. The SMILES string of the molecule is Cc1c(C#N)c(NC(=O)CSc2nnc(NCc3ccc(F)cc3)s2)n(C2CCCC2)c1C. The smallest absolute Gasteiger partial charge is 0.235 e. The lowest BCUT2D eigenvalue weighted by Gasteiger charge is -2.19. The van der Waals surface area contributed by atoms with Crippen molar-refractivity contribution < 1.29 is 9.18 Å². The van der Waals surface area contributed by atoms with Gasteiger partial charge in [0.25, 0.3) is 0 Å². The number of benzene rings is 1. The molecular formula is C23H25FN6OS2. The summed E-state index contributed by atoms with van der Waals surface area (Å²) in [6.45, 7) is 4.46. The molecule has 7 nitrogen and oxygen atoms in total. The molecule has 172 valence electrons. The molecule has 1 aliphatic rings. The average molecular weight is 485 g/mol. The average Bonchev–Trinajstić information content (AvgIpc) is 3.54. The number of hydrogen-bond acceptors (Lipinski definition) is 7. The van der Waals surface area contributed by atoms with E-state index in [0.717, 1.165) is 29.7 Å². The van der Waals surface area contributed by atoms with E-state index < -0.39 is 0 Å². The molecule has 0 aliphatic heterocycles. The van der Waals surface area contributed by atoms with E-state index in [0.29, 0.717) is 33.4 Å². The summed E-state index contributed by atoms with van der Waals surface area (Å²) >= 11 is 2.67. The predicted molar refractivity (Wildman–Crippen MR) is 129 cm³/mol. The molecule has 0 bridgehead atoms. The Labute approximate surface area is 200 Å². The van der Waals surface area contributed by atoms with E-state index in [1.807, 2.05) is 13.8 Å². The molecule has 1 fully saturated rings. The van der Waals surface area contributed by atoms with Gasteiger partial charge in [0.1, 0.15) is 17.7 Å². The molecule has 0 saturated heterocycles. The number of carbonyl (C=O) groups excluding carboxylic acids is 1. The zero-order valence-corrected chi connectivity index (χ0v) is 20.2. The third kappa shape index (κ3) is 5.37. The van der Waals surface area contributed by atoms with Gasteiger partial charge < -0.3 is 15.2 Å². The van der Waals surface area contributed by atoms with Crippen molar-refractivity contribution in [2.75, 3.05) is 16.4 Å². The van der Waals surface area contributed by atoms with Crippen molar-refractivity contribution >= 4 is 40.0 Å². The van der Waals surface area contributed by atoms with E-state index in [1.165, 1.54) is 48.1 Å². The third-order valence-electron chi connectivity index (χ3n) is 5.91. The van der Waals surface area contributed by atoms with Crippen molar-refractivity contribution in [3.63, 3.8) is 0 Å². The van der Waals surface area contributed by atoms with Crippen LogP contribution in [0.1, 0.15) is 54.1 Å². The molecule has 1 amide bonds. The lowest BCUT2D eigenvalue weighted by molar-refractivity contribution is -0.113. The first kappa shape index (κ1) is 23.3. The number of anilines is 2. The van der Waals surface area contributed by atoms with Crippen molar-refractivity contribution in [2.45, 2.75) is 56.5 Å². The van der Waals surface area contributed by atoms with Crippen LogP contribution >= 0.6 is 23.1 Å². The van der Waals surface area contributed by atoms with Gasteiger partial charge >= 0.3 is 0 Å². The van der Waals surface area contributed by atoms with Gasteiger partial charge in [0.15, 0.2) is 4.34 Å². The van der Waals surface area contributed by atoms with Gasteiger partial charge in [0.05, 0.1) is 11.3 Å². The third-order valence-corrected chi connectivity index (χ3v) is 7.92. The van der Waals surface area contributed by atoms with Crippen LogP contribution in [0.15, 0.2) is 28.6 Å². The number of nitriles is 1. The van der Waals surface area contributed by atoms with Crippen LogP contribution in [-0.2, 0) is 11.3 Å². The van der Waals surface area contributed by atoms with Crippen LogP contribution in [0.2, 0.25) is 0 Å². The second kappa shape index (κ2) is 10.4. The topological polar surface area (TPSA) is 95.6 Å². The molecular weight excluding hydrogens is 459 g/mol. The summed E-state index contributed by atoms with van der Waals surface area (Å²) in [6.07, 6.45) is 4.47. The Morgan fingerprint density at radius 1 is 1.27 bits per heavy atom. The summed E-state index contributed by atoms with van der Waals surface area (Å²) in [5.74, 6) is 0.341. The van der Waals surface area contributed by atoms with Gasteiger partial charge in [-0.3, -0.25) is 4.79 Å². The molecule has 33 heavy (non-hydrogen) atoms. The number of carbonyl (C=O) groups is 1. The Balaban J connectivity index is 1.36. The van der Waals surface area contributed by atoms with Crippen LogP contribution in [0.3, 0.4) is 0 Å². The highest BCUT2D eigenvalue weighted by Crippen LogP contribution is 2.38. The van der Waals surface area contributed by atoms with Crippen LogP contribution in [0.4, 0.5) is 15.3 Å². The Bertz CT molecular complexity index is 1180. The zero-order chi connectivity index (χ0) is 23.4. The maximum absolute atomic E-state index is 13.0. The van der Waals surface area contributed by atoms with E-state index in [9.17, 15) is 14.4 Å². The lowest BCUT2D eigenvalue weighted by atomic mass is 10.2. The predicted octanol–water partition coefficient (Wildman–Crippen LogP) is 5.43. The normalized spacial score (nSPS) is 13.8. The lowest BCUT2D eigenvalue weighted by Crippen LogP contribution is -2.19. The highest BCUT2D eigenvalue weighted by atomic mass is 32.2. The van der Waals surface area contributed by atoms with Gasteiger partial charge in [0.2, 0.25) is 11.0 Å². The van der Waals surface area contributed by atoms with Gasteiger partial charge in [0, 0.05) is 18.3 Å². The second-order valence-electron chi connectivity index (χ2n) is 8.04. The highest BCUT2D eigenvalue weighted by Gasteiger charge is 2.26.